The first-order valence-corrected chi connectivity index (χ1v) is 9.05. The second-order valence-corrected chi connectivity index (χ2v) is 6.42. The van der Waals surface area contributed by atoms with Gasteiger partial charge in [-0.3, -0.25) is 9.59 Å². The van der Waals surface area contributed by atoms with Crippen LogP contribution in [0.25, 0.3) is 11.3 Å². The minimum atomic E-state index is -0.577. The van der Waals surface area contributed by atoms with Crippen molar-refractivity contribution in [2.75, 3.05) is 17.7 Å². The average molecular weight is 396 g/mol. The summed E-state index contributed by atoms with van der Waals surface area (Å²) in [5.74, 6) is 0.889. The molecular formula is C22H21FN2O4. The fraction of sp³-hybridized carbons (Fsp3) is 0.182. The summed E-state index contributed by atoms with van der Waals surface area (Å²) in [5.41, 5.74) is 1.32. The molecule has 0 fully saturated rings. The molecule has 0 aliphatic rings. The van der Waals surface area contributed by atoms with E-state index in [0.717, 1.165) is 11.3 Å². The maximum atomic E-state index is 13.9. The summed E-state index contributed by atoms with van der Waals surface area (Å²) in [5, 5.41) is 5.07. The monoisotopic (exact) mass is 396 g/mol. The zero-order valence-corrected chi connectivity index (χ0v) is 16.1. The van der Waals surface area contributed by atoms with E-state index in [1.165, 1.54) is 25.1 Å². The molecule has 0 spiro atoms. The molecule has 0 saturated heterocycles. The molecular weight excluding hydrogens is 375 g/mol. The van der Waals surface area contributed by atoms with Gasteiger partial charge in [0.05, 0.1) is 12.8 Å². The molecule has 3 rings (SSSR count). The SMILES string of the molecule is COc1ccc(-c2ccc(CCC(=O)Nc3cc(NC(C)=O)ccc3F)o2)cc1. The van der Waals surface area contributed by atoms with Gasteiger partial charge in [0.15, 0.2) is 0 Å². The van der Waals surface area contributed by atoms with Gasteiger partial charge >= 0.3 is 0 Å². The minimum Gasteiger partial charge on any atom is -0.497 e. The summed E-state index contributed by atoms with van der Waals surface area (Å²) in [4.78, 5) is 23.3. The van der Waals surface area contributed by atoms with Crippen molar-refractivity contribution in [1.29, 1.82) is 0 Å². The second kappa shape index (κ2) is 9.05. The first-order valence-electron chi connectivity index (χ1n) is 9.05. The van der Waals surface area contributed by atoms with Crippen molar-refractivity contribution in [1.82, 2.24) is 0 Å². The standard InChI is InChI=1S/C22H21FN2O4/c1-14(26)24-16-5-10-19(23)20(13-16)25-22(27)12-9-18-8-11-21(29-18)15-3-6-17(28-2)7-4-15/h3-8,10-11,13H,9,12H2,1-2H3,(H,24,26)(H,25,27). The maximum absolute atomic E-state index is 13.9. The van der Waals surface area contributed by atoms with Gasteiger partial charge in [-0.25, -0.2) is 4.39 Å². The lowest BCUT2D eigenvalue weighted by atomic mass is 10.2. The van der Waals surface area contributed by atoms with Crippen LogP contribution in [0.3, 0.4) is 0 Å². The molecule has 29 heavy (non-hydrogen) atoms. The van der Waals surface area contributed by atoms with E-state index in [9.17, 15) is 14.0 Å². The van der Waals surface area contributed by atoms with E-state index < -0.39 is 5.82 Å². The number of methoxy groups -OCH3 is 1. The summed E-state index contributed by atoms with van der Waals surface area (Å²) in [6.45, 7) is 1.35. The van der Waals surface area contributed by atoms with Gasteiger partial charge in [-0.1, -0.05) is 0 Å². The Hall–Kier alpha value is -3.61. The Morgan fingerprint density at radius 2 is 1.79 bits per heavy atom. The van der Waals surface area contributed by atoms with E-state index in [1.54, 1.807) is 7.11 Å². The van der Waals surface area contributed by atoms with Gasteiger partial charge in [-0.15, -0.1) is 0 Å². The molecule has 0 atom stereocenters. The molecule has 0 bridgehead atoms. The third-order valence-corrected chi connectivity index (χ3v) is 4.20. The number of nitrogens with one attached hydrogen (secondary N) is 2. The highest BCUT2D eigenvalue weighted by molar-refractivity contribution is 5.93. The van der Waals surface area contributed by atoms with E-state index >= 15 is 0 Å². The van der Waals surface area contributed by atoms with Gasteiger partial charge < -0.3 is 19.8 Å². The molecule has 1 heterocycles. The molecule has 7 heteroatoms. The first-order chi connectivity index (χ1) is 13.9. The lowest BCUT2D eigenvalue weighted by Crippen LogP contribution is -2.14. The molecule has 0 saturated carbocycles. The number of furan rings is 1. The fourth-order valence-corrected chi connectivity index (χ4v) is 2.77. The molecule has 1 aromatic heterocycles. The van der Waals surface area contributed by atoms with Crippen molar-refractivity contribution in [3.8, 4) is 17.1 Å². The van der Waals surface area contributed by atoms with E-state index in [0.29, 0.717) is 23.6 Å². The zero-order chi connectivity index (χ0) is 20.8. The molecule has 0 aliphatic heterocycles. The Balaban J connectivity index is 1.58. The highest BCUT2D eigenvalue weighted by atomic mass is 19.1. The highest BCUT2D eigenvalue weighted by Gasteiger charge is 2.11. The number of carbonyl (C=O) groups is 2. The maximum Gasteiger partial charge on any atom is 0.224 e. The van der Waals surface area contributed by atoms with Crippen molar-refractivity contribution in [2.45, 2.75) is 19.8 Å². The van der Waals surface area contributed by atoms with Crippen molar-refractivity contribution < 1.29 is 23.1 Å². The largest absolute Gasteiger partial charge is 0.497 e. The number of benzene rings is 2. The number of hydrogen-bond donors (Lipinski definition) is 2. The predicted molar refractivity (Wildman–Crippen MR) is 108 cm³/mol. The smallest absolute Gasteiger partial charge is 0.224 e. The van der Waals surface area contributed by atoms with Crippen LogP contribution in [-0.2, 0) is 16.0 Å². The van der Waals surface area contributed by atoms with Crippen LogP contribution in [0.15, 0.2) is 59.0 Å². The van der Waals surface area contributed by atoms with Crippen LogP contribution in [0.2, 0.25) is 0 Å². The van der Waals surface area contributed by atoms with Gasteiger partial charge in [0.2, 0.25) is 11.8 Å². The predicted octanol–water partition coefficient (Wildman–Crippen LogP) is 4.62. The van der Waals surface area contributed by atoms with Crippen LogP contribution in [0.4, 0.5) is 15.8 Å². The number of carbonyl (C=O) groups excluding carboxylic acids is 2. The Labute approximate surface area is 167 Å². The summed E-state index contributed by atoms with van der Waals surface area (Å²) < 4.78 is 24.8. The number of anilines is 2. The number of ether oxygens (including phenoxy) is 1. The van der Waals surface area contributed by atoms with Gasteiger partial charge in [-0.2, -0.15) is 0 Å². The number of rotatable bonds is 7. The molecule has 6 nitrogen and oxygen atoms in total. The molecule has 0 unspecified atom stereocenters. The van der Waals surface area contributed by atoms with Gasteiger partial charge in [-0.05, 0) is 54.6 Å². The van der Waals surface area contributed by atoms with E-state index in [4.69, 9.17) is 9.15 Å². The third kappa shape index (κ3) is 5.44. The lowest BCUT2D eigenvalue weighted by Gasteiger charge is -2.09. The van der Waals surface area contributed by atoms with Crippen LogP contribution in [-0.4, -0.2) is 18.9 Å². The van der Waals surface area contributed by atoms with E-state index in [2.05, 4.69) is 10.6 Å². The summed E-state index contributed by atoms with van der Waals surface area (Å²) in [7, 11) is 1.60. The Morgan fingerprint density at radius 3 is 2.48 bits per heavy atom. The molecule has 0 radical (unpaired) electrons. The summed E-state index contributed by atoms with van der Waals surface area (Å²) in [6.07, 6.45) is 0.494. The van der Waals surface area contributed by atoms with E-state index in [1.807, 2.05) is 36.4 Å². The van der Waals surface area contributed by atoms with Crippen molar-refractivity contribution in [3.05, 3.63) is 66.2 Å². The van der Waals surface area contributed by atoms with Crippen LogP contribution in [0.1, 0.15) is 19.1 Å². The topological polar surface area (TPSA) is 80.6 Å². The number of halogens is 1. The van der Waals surface area contributed by atoms with Gasteiger partial charge in [0, 0.05) is 31.0 Å². The van der Waals surface area contributed by atoms with Crippen molar-refractivity contribution in [3.63, 3.8) is 0 Å². The van der Waals surface area contributed by atoms with E-state index in [-0.39, 0.29) is 23.9 Å². The minimum absolute atomic E-state index is 0.0135. The van der Waals surface area contributed by atoms with Crippen LogP contribution < -0.4 is 15.4 Å². The zero-order valence-electron chi connectivity index (χ0n) is 16.1. The Kier molecular flexibility index (Phi) is 6.29. The quantitative estimate of drug-likeness (QED) is 0.610. The van der Waals surface area contributed by atoms with Crippen LogP contribution in [0.5, 0.6) is 5.75 Å². The highest BCUT2D eigenvalue weighted by Crippen LogP contribution is 2.25. The fourth-order valence-electron chi connectivity index (χ4n) is 2.77. The molecule has 2 N–H and O–H groups in total. The Bertz CT molecular complexity index is 1010. The third-order valence-electron chi connectivity index (χ3n) is 4.20. The van der Waals surface area contributed by atoms with Crippen molar-refractivity contribution >= 4 is 23.2 Å². The molecule has 150 valence electrons. The molecule has 0 aliphatic carbocycles. The van der Waals surface area contributed by atoms with Gasteiger partial charge in [0.1, 0.15) is 23.1 Å². The second-order valence-electron chi connectivity index (χ2n) is 6.42. The van der Waals surface area contributed by atoms with Crippen LogP contribution >= 0.6 is 0 Å². The normalized spacial score (nSPS) is 10.4. The number of aryl methyl sites for hydroxylation is 1. The number of hydrogen-bond acceptors (Lipinski definition) is 4. The Morgan fingerprint density at radius 1 is 1.03 bits per heavy atom. The summed E-state index contributed by atoms with van der Waals surface area (Å²) in [6, 6.07) is 15.1. The molecule has 2 amide bonds. The van der Waals surface area contributed by atoms with Gasteiger partial charge in [0.25, 0.3) is 0 Å². The molecule has 3 aromatic rings. The number of amides is 2. The average Bonchev–Trinajstić information content (AvgIpc) is 3.18. The van der Waals surface area contributed by atoms with Crippen molar-refractivity contribution in [2.24, 2.45) is 0 Å². The van der Waals surface area contributed by atoms with Crippen LogP contribution in [0, 0.1) is 5.82 Å². The lowest BCUT2D eigenvalue weighted by molar-refractivity contribution is -0.116. The molecule has 2 aromatic carbocycles. The summed E-state index contributed by atoms with van der Waals surface area (Å²) >= 11 is 0. The first kappa shape index (κ1) is 20.1.